The number of hydrogen-bond donors (Lipinski definition) is 2. The molecule has 1 heterocycles. The van der Waals surface area contributed by atoms with Crippen LogP contribution in [-0.2, 0) is 6.42 Å². The molecule has 0 bridgehead atoms. The summed E-state index contributed by atoms with van der Waals surface area (Å²) >= 11 is 0. The maximum absolute atomic E-state index is 14.1. The minimum atomic E-state index is -0.485. The highest BCUT2D eigenvalue weighted by Gasteiger charge is 2.28. The van der Waals surface area contributed by atoms with E-state index in [4.69, 9.17) is 0 Å². The Morgan fingerprint density at radius 2 is 2.04 bits per heavy atom. The Morgan fingerprint density at radius 3 is 2.60 bits per heavy atom. The number of hydrogen-bond acceptors (Lipinski definition) is 4. The number of benzene rings is 1. The monoisotopic (exact) mass is 348 g/mol. The van der Waals surface area contributed by atoms with Crippen molar-refractivity contribution in [3.63, 3.8) is 0 Å². The van der Waals surface area contributed by atoms with Crippen LogP contribution in [0.25, 0.3) is 5.69 Å². The zero-order valence-corrected chi connectivity index (χ0v) is 15.1. The van der Waals surface area contributed by atoms with Gasteiger partial charge in [-0.25, -0.2) is 14.1 Å². The van der Waals surface area contributed by atoms with Gasteiger partial charge >= 0.3 is 0 Å². The molecule has 0 saturated carbocycles. The second-order valence-corrected chi connectivity index (χ2v) is 7.04. The van der Waals surface area contributed by atoms with E-state index in [2.05, 4.69) is 15.4 Å². The molecule has 0 fully saturated rings. The van der Waals surface area contributed by atoms with E-state index >= 15 is 0 Å². The van der Waals surface area contributed by atoms with Crippen molar-refractivity contribution < 1.29 is 14.3 Å². The van der Waals surface area contributed by atoms with Crippen molar-refractivity contribution >= 4 is 5.91 Å². The lowest BCUT2D eigenvalue weighted by molar-refractivity contribution is 0.0837. The van der Waals surface area contributed by atoms with Crippen LogP contribution in [0.3, 0.4) is 0 Å². The molecule has 1 atom stereocenters. The van der Waals surface area contributed by atoms with Crippen LogP contribution in [0.15, 0.2) is 24.3 Å². The van der Waals surface area contributed by atoms with Crippen LogP contribution in [0.1, 0.15) is 50.6 Å². The Hall–Kier alpha value is -2.28. The van der Waals surface area contributed by atoms with Gasteiger partial charge in [0.1, 0.15) is 17.3 Å². The SMILES string of the molecule is CCCc1nc(C(=O)N[C@@H](CO)C(C)(C)C)nn1-c1ccccc1F. The fourth-order valence-corrected chi connectivity index (χ4v) is 2.40. The largest absolute Gasteiger partial charge is 0.394 e. The van der Waals surface area contributed by atoms with E-state index < -0.39 is 17.8 Å². The van der Waals surface area contributed by atoms with E-state index in [1.165, 1.54) is 10.7 Å². The molecule has 0 radical (unpaired) electrons. The maximum Gasteiger partial charge on any atom is 0.291 e. The first kappa shape index (κ1) is 19.1. The minimum Gasteiger partial charge on any atom is -0.394 e. The van der Waals surface area contributed by atoms with Crippen LogP contribution in [0.2, 0.25) is 0 Å². The van der Waals surface area contributed by atoms with E-state index in [0.717, 1.165) is 6.42 Å². The molecule has 0 aliphatic rings. The summed E-state index contributed by atoms with van der Waals surface area (Å²) in [4.78, 5) is 16.8. The van der Waals surface area contributed by atoms with Crippen LogP contribution in [-0.4, -0.2) is 38.4 Å². The average molecular weight is 348 g/mol. The van der Waals surface area contributed by atoms with Gasteiger partial charge in [-0.05, 0) is 24.0 Å². The van der Waals surface area contributed by atoms with Gasteiger partial charge in [0, 0.05) is 6.42 Å². The van der Waals surface area contributed by atoms with Gasteiger partial charge in [-0.3, -0.25) is 4.79 Å². The fraction of sp³-hybridized carbons (Fsp3) is 0.500. The van der Waals surface area contributed by atoms with Crippen LogP contribution < -0.4 is 5.32 Å². The zero-order chi connectivity index (χ0) is 18.6. The number of carbonyl (C=O) groups excluding carboxylic acids is 1. The van der Waals surface area contributed by atoms with Crippen LogP contribution in [0, 0.1) is 11.2 Å². The van der Waals surface area contributed by atoms with Crippen molar-refractivity contribution in [1.29, 1.82) is 0 Å². The number of rotatable bonds is 6. The van der Waals surface area contributed by atoms with Crippen molar-refractivity contribution in [2.45, 2.75) is 46.6 Å². The average Bonchev–Trinajstić information content (AvgIpc) is 2.96. The van der Waals surface area contributed by atoms with Crippen molar-refractivity contribution in [3.8, 4) is 5.69 Å². The fourth-order valence-electron chi connectivity index (χ4n) is 2.40. The summed E-state index contributed by atoms with van der Waals surface area (Å²) in [6.45, 7) is 7.54. The summed E-state index contributed by atoms with van der Waals surface area (Å²) in [5, 5.41) is 16.5. The molecule has 0 unspecified atom stereocenters. The molecular formula is C18H25FN4O2. The van der Waals surface area contributed by atoms with Gasteiger partial charge in [-0.15, -0.1) is 5.10 Å². The molecule has 2 N–H and O–H groups in total. The van der Waals surface area contributed by atoms with Crippen molar-refractivity contribution in [2.24, 2.45) is 5.41 Å². The molecule has 136 valence electrons. The second kappa shape index (κ2) is 7.74. The summed E-state index contributed by atoms with van der Waals surface area (Å²) in [6, 6.07) is 5.80. The van der Waals surface area contributed by atoms with Gasteiger partial charge < -0.3 is 10.4 Å². The number of nitrogens with zero attached hydrogens (tertiary/aromatic N) is 3. The van der Waals surface area contributed by atoms with Gasteiger partial charge in [0.25, 0.3) is 5.91 Å². The Morgan fingerprint density at radius 1 is 1.36 bits per heavy atom. The first-order valence-electron chi connectivity index (χ1n) is 8.40. The summed E-state index contributed by atoms with van der Waals surface area (Å²) in [7, 11) is 0. The highest BCUT2D eigenvalue weighted by Crippen LogP contribution is 2.19. The Labute approximate surface area is 147 Å². The van der Waals surface area contributed by atoms with Gasteiger partial charge in [0.2, 0.25) is 5.82 Å². The molecule has 1 aromatic heterocycles. The number of para-hydroxylation sites is 1. The van der Waals surface area contributed by atoms with Crippen molar-refractivity contribution in [1.82, 2.24) is 20.1 Å². The third-order valence-corrected chi connectivity index (χ3v) is 3.96. The van der Waals surface area contributed by atoms with Gasteiger partial charge in [-0.2, -0.15) is 0 Å². The van der Waals surface area contributed by atoms with E-state index in [0.29, 0.717) is 12.2 Å². The van der Waals surface area contributed by atoms with Crippen molar-refractivity contribution in [2.75, 3.05) is 6.61 Å². The van der Waals surface area contributed by atoms with Crippen LogP contribution >= 0.6 is 0 Å². The number of aryl methyl sites for hydroxylation is 1. The van der Waals surface area contributed by atoms with Crippen molar-refractivity contribution in [3.05, 3.63) is 41.7 Å². The summed E-state index contributed by atoms with van der Waals surface area (Å²) < 4.78 is 15.5. The second-order valence-electron chi connectivity index (χ2n) is 7.04. The highest BCUT2D eigenvalue weighted by atomic mass is 19.1. The lowest BCUT2D eigenvalue weighted by Crippen LogP contribution is -2.46. The molecule has 2 aromatic rings. The van der Waals surface area contributed by atoms with E-state index in [9.17, 15) is 14.3 Å². The first-order valence-corrected chi connectivity index (χ1v) is 8.40. The number of amides is 1. The van der Waals surface area contributed by atoms with Gasteiger partial charge in [0.15, 0.2) is 0 Å². The number of nitrogens with one attached hydrogen (secondary N) is 1. The molecular weight excluding hydrogens is 323 g/mol. The first-order chi connectivity index (χ1) is 11.8. The lowest BCUT2D eigenvalue weighted by Gasteiger charge is -2.29. The number of aliphatic hydroxyl groups is 1. The van der Waals surface area contributed by atoms with E-state index in [-0.39, 0.29) is 23.5 Å². The standard InChI is InChI=1S/C18H25FN4O2/c1-5-8-15-21-16(17(25)20-14(11-24)18(2,3)4)22-23(15)13-10-7-6-9-12(13)19/h6-7,9-10,14,24H,5,8,11H2,1-4H3,(H,20,25)/t14-/m0/s1. The molecule has 1 aromatic carbocycles. The van der Waals surface area contributed by atoms with Crippen LogP contribution in [0.5, 0.6) is 0 Å². The molecule has 1 amide bonds. The molecule has 0 spiro atoms. The molecule has 0 saturated heterocycles. The molecule has 7 heteroatoms. The van der Waals surface area contributed by atoms with Crippen LogP contribution in [0.4, 0.5) is 4.39 Å². The number of halogens is 1. The number of aliphatic hydroxyl groups excluding tert-OH is 1. The Bertz CT molecular complexity index is 737. The number of carbonyl (C=O) groups is 1. The zero-order valence-electron chi connectivity index (χ0n) is 15.1. The van der Waals surface area contributed by atoms with Gasteiger partial charge in [0.05, 0.1) is 12.6 Å². The quantitative estimate of drug-likeness (QED) is 0.840. The lowest BCUT2D eigenvalue weighted by atomic mass is 9.87. The summed E-state index contributed by atoms with van der Waals surface area (Å²) in [5.74, 6) is -0.426. The number of aromatic nitrogens is 3. The normalized spacial score (nSPS) is 12.9. The molecule has 0 aliphatic carbocycles. The minimum absolute atomic E-state index is 0.0330. The predicted molar refractivity (Wildman–Crippen MR) is 93.1 cm³/mol. The Balaban J connectivity index is 2.35. The smallest absolute Gasteiger partial charge is 0.291 e. The molecule has 25 heavy (non-hydrogen) atoms. The Kier molecular flexibility index (Phi) is 5.89. The third-order valence-electron chi connectivity index (χ3n) is 3.96. The maximum atomic E-state index is 14.1. The van der Waals surface area contributed by atoms with Gasteiger partial charge in [-0.1, -0.05) is 39.8 Å². The topological polar surface area (TPSA) is 80.0 Å². The van der Waals surface area contributed by atoms with E-state index in [1.54, 1.807) is 18.2 Å². The third kappa shape index (κ3) is 4.42. The summed E-state index contributed by atoms with van der Waals surface area (Å²) in [6.07, 6.45) is 1.35. The highest BCUT2D eigenvalue weighted by molar-refractivity contribution is 5.90. The van der Waals surface area contributed by atoms with E-state index in [1.807, 2.05) is 27.7 Å². The summed E-state index contributed by atoms with van der Waals surface area (Å²) in [5.41, 5.74) is -0.0582. The molecule has 6 nitrogen and oxygen atoms in total. The molecule has 2 rings (SSSR count). The predicted octanol–water partition coefficient (Wildman–Crippen LogP) is 2.50. The molecule has 0 aliphatic heterocycles.